The Morgan fingerprint density at radius 3 is 2.70 bits per heavy atom. The molecule has 6 rings (SSSR count). The van der Waals surface area contributed by atoms with E-state index >= 15 is 0 Å². The van der Waals surface area contributed by atoms with Crippen molar-refractivity contribution < 1.29 is 23.1 Å². The number of methoxy groups -OCH3 is 1. The maximum atomic E-state index is 14.5. The highest BCUT2D eigenvalue weighted by atomic mass is 19.1. The summed E-state index contributed by atoms with van der Waals surface area (Å²) in [5, 5.41) is 11.9. The van der Waals surface area contributed by atoms with Gasteiger partial charge in [0.2, 0.25) is 0 Å². The predicted octanol–water partition coefficient (Wildman–Crippen LogP) is 2.83. The van der Waals surface area contributed by atoms with Crippen LogP contribution in [-0.2, 0) is 13.1 Å². The molecule has 0 radical (unpaired) electrons. The maximum absolute atomic E-state index is 14.5. The van der Waals surface area contributed by atoms with Gasteiger partial charge in [0.05, 0.1) is 37.2 Å². The molecule has 0 unspecified atom stereocenters. The van der Waals surface area contributed by atoms with Crippen LogP contribution in [0.15, 0.2) is 61.4 Å². The minimum absolute atomic E-state index is 0.0729. The number of hydrogen-bond acceptors (Lipinski definition) is 9. The molecule has 2 atom stereocenters. The van der Waals surface area contributed by atoms with Gasteiger partial charge in [-0.15, -0.1) is 0 Å². The zero-order chi connectivity index (χ0) is 30.1. The fraction of sp³-hybridized carbons (Fsp3) is 0.250. The summed E-state index contributed by atoms with van der Waals surface area (Å²) in [6.45, 7) is 0.277. The third-order valence-electron chi connectivity index (χ3n) is 7.25. The van der Waals surface area contributed by atoms with E-state index in [0.29, 0.717) is 22.3 Å². The fourth-order valence-electron chi connectivity index (χ4n) is 5.18. The molecule has 1 saturated heterocycles. The molecule has 3 aromatic heterocycles. The predicted molar refractivity (Wildman–Crippen MR) is 150 cm³/mol. The lowest BCUT2D eigenvalue weighted by Crippen LogP contribution is -2.41. The number of nitrogens with two attached hydrogens (primary N) is 1. The summed E-state index contributed by atoms with van der Waals surface area (Å²) in [4.78, 5) is 39.3. The van der Waals surface area contributed by atoms with Crippen LogP contribution in [0.4, 0.5) is 19.4 Å². The Morgan fingerprint density at radius 2 is 1.95 bits per heavy atom. The Kier molecular flexibility index (Phi) is 7.36. The number of fused-ring (bicyclic) bond motifs is 1. The fourth-order valence-corrected chi connectivity index (χ4v) is 5.18. The highest BCUT2D eigenvalue weighted by molar-refractivity contribution is 5.98. The van der Waals surface area contributed by atoms with Crippen molar-refractivity contribution in [3.63, 3.8) is 0 Å². The first-order valence-corrected chi connectivity index (χ1v) is 13.3. The van der Waals surface area contributed by atoms with Crippen LogP contribution in [0.5, 0.6) is 5.75 Å². The largest absolute Gasteiger partial charge is 0.496 e. The summed E-state index contributed by atoms with van der Waals surface area (Å²) in [6.07, 6.45) is 2.76. The van der Waals surface area contributed by atoms with E-state index in [1.165, 1.54) is 43.1 Å². The van der Waals surface area contributed by atoms with Gasteiger partial charge >= 0.3 is 6.03 Å². The smallest absolute Gasteiger partial charge is 0.346 e. The molecule has 0 spiro atoms. The van der Waals surface area contributed by atoms with Gasteiger partial charge in [-0.05, 0) is 23.8 Å². The van der Waals surface area contributed by atoms with Gasteiger partial charge in [0.15, 0.2) is 5.65 Å². The number of carbonyl (C=O) groups excluding carboxylic acids is 2. The van der Waals surface area contributed by atoms with Gasteiger partial charge in [-0.3, -0.25) is 4.79 Å². The average Bonchev–Trinajstić information content (AvgIpc) is 3.76. The van der Waals surface area contributed by atoms with Crippen LogP contribution in [0.1, 0.15) is 22.3 Å². The van der Waals surface area contributed by atoms with Crippen LogP contribution in [0.2, 0.25) is 0 Å². The lowest BCUT2D eigenvalue weighted by atomic mass is 10.1. The Labute approximate surface area is 243 Å². The van der Waals surface area contributed by atoms with Crippen LogP contribution in [0, 0.1) is 5.82 Å². The summed E-state index contributed by atoms with van der Waals surface area (Å²) in [7, 11) is 1.41. The van der Waals surface area contributed by atoms with Crippen molar-refractivity contribution in [1.29, 1.82) is 0 Å². The number of halogens is 2. The van der Waals surface area contributed by atoms with E-state index in [9.17, 15) is 18.4 Å². The maximum Gasteiger partial charge on any atom is 0.346 e. The molecular formula is C28H26F2N10O3. The van der Waals surface area contributed by atoms with E-state index in [1.807, 2.05) is 24.3 Å². The Balaban J connectivity index is 1.23. The first kappa shape index (κ1) is 27.7. The van der Waals surface area contributed by atoms with Crippen LogP contribution in [-0.4, -0.2) is 77.2 Å². The average molecular weight is 589 g/mol. The number of benzene rings is 2. The number of ether oxygens (including phenoxy) is 1. The number of carbonyl (C=O) groups is 2. The number of amides is 2. The molecular weight excluding hydrogens is 562 g/mol. The quantitative estimate of drug-likeness (QED) is 0.292. The van der Waals surface area contributed by atoms with E-state index in [1.54, 1.807) is 4.68 Å². The number of likely N-dealkylation sites (tertiary alicyclic amines) is 1. The van der Waals surface area contributed by atoms with Gasteiger partial charge in [-0.25, -0.2) is 33.2 Å². The van der Waals surface area contributed by atoms with Crippen molar-refractivity contribution in [3.8, 4) is 17.0 Å². The van der Waals surface area contributed by atoms with Gasteiger partial charge < -0.3 is 20.7 Å². The number of alkyl halides is 1. The minimum Gasteiger partial charge on any atom is -0.496 e. The molecule has 0 saturated carbocycles. The van der Waals surface area contributed by atoms with Crippen molar-refractivity contribution in [2.75, 3.05) is 19.4 Å². The highest BCUT2D eigenvalue weighted by Crippen LogP contribution is 2.32. The molecule has 0 bridgehead atoms. The molecule has 15 heteroatoms. The SMILES string of the molecule is COc1ccc(F)cc1C(=O)NCc1ccc(-c2nn(C[C@@H]3C[C@H](F)CN3C(=O)n3cncn3)c3ncnc(N)c23)cc1. The van der Waals surface area contributed by atoms with E-state index in [0.717, 1.165) is 16.3 Å². The molecule has 1 fully saturated rings. The molecule has 13 nitrogen and oxygen atoms in total. The van der Waals surface area contributed by atoms with Crippen LogP contribution in [0.3, 0.4) is 0 Å². The van der Waals surface area contributed by atoms with Gasteiger partial charge in [0, 0.05) is 18.5 Å². The summed E-state index contributed by atoms with van der Waals surface area (Å²) >= 11 is 0. The Hall–Kier alpha value is -5.47. The summed E-state index contributed by atoms with van der Waals surface area (Å²) in [5.41, 5.74) is 8.78. The highest BCUT2D eigenvalue weighted by Gasteiger charge is 2.37. The van der Waals surface area contributed by atoms with Crippen molar-refractivity contribution in [3.05, 3.63) is 78.4 Å². The number of nitrogens with one attached hydrogen (secondary N) is 1. The molecule has 43 heavy (non-hydrogen) atoms. The third-order valence-corrected chi connectivity index (χ3v) is 7.25. The van der Waals surface area contributed by atoms with Gasteiger partial charge in [0.25, 0.3) is 5.91 Å². The number of nitrogens with zero attached hydrogens (tertiary/aromatic N) is 8. The lowest BCUT2D eigenvalue weighted by Gasteiger charge is -2.23. The molecule has 5 aromatic rings. The lowest BCUT2D eigenvalue weighted by molar-refractivity contribution is 0.0947. The first-order chi connectivity index (χ1) is 20.8. The molecule has 1 aliphatic heterocycles. The van der Waals surface area contributed by atoms with Crippen molar-refractivity contribution in [2.45, 2.75) is 31.7 Å². The van der Waals surface area contributed by atoms with Gasteiger partial charge in [-0.2, -0.15) is 14.9 Å². The van der Waals surface area contributed by atoms with E-state index in [4.69, 9.17) is 15.6 Å². The Morgan fingerprint density at radius 1 is 1.14 bits per heavy atom. The minimum atomic E-state index is -1.20. The second kappa shape index (κ2) is 11.4. The van der Waals surface area contributed by atoms with Gasteiger partial charge in [-0.1, -0.05) is 24.3 Å². The molecule has 4 heterocycles. The van der Waals surface area contributed by atoms with Crippen LogP contribution < -0.4 is 15.8 Å². The first-order valence-electron chi connectivity index (χ1n) is 13.3. The standard InChI is InChI=1S/C28H26F2N10O3/c1-43-22-7-6-18(29)9-21(22)27(41)33-10-16-2-4-17(5-3-16)24-23-25(31)34-14-35-26(23)39(37-24)12-20-8-19(30)11-38(20)28(42)40-15-32-13-36-40/h2-7,9,13-15,19-20H,8,10-12H2,1H3,(H,33,41)(H2,31,34,35)/t19-,20-/m0/s1. The van der Waals surface area contributed by atoms with E-state index in [2.05, 4.69) is 25.4 Å². The zero-order valence-corrected chi connectivity index (χ0v) is 22.9. The molecule has 0 aliphatic carbocycles. The third kappa shape index (κ3) is 5.43. The second-order valence-electron chi connectivity index (χ2n) is 9.97. The number of hydrogen-bond donors (Lipinski definition) is 2. The molecule has 2 aromatic carbocycles. The number of nitrogen functional groups attached to an aromatic ring is 1. The van der Waals surface area contributed by atoms with Gasteiger partial charge in [0.1, 0.15) is 48.2 Å². The zero-order valence-electron chi connectivity index (χ0n) is 22.9. The van der Waals surface area contributed by atoms with Crippen LogP contribution >= 0.6 is 0 Å². The van der Waals surface area contributed by atoms with Crippen molar-refractivity contribution in [2.24, 2.45) is 0 Å². The summed E-state index contributed by atoms with van der Waals surface area (Å²) in [5.74, 6) is -0.537. The molecule has 1 aliphatic rings. The monoisotopic (exact) mass is 588 g/mol. The van der Waals surface area contributed by atoms with E-state index < -0.39 is 30.0 Å². The molecule has 3 N–H and O–H groups in total. The van der Waals surface area contributed by atoms with E-state index in [-0.39, 0.29) is 43.2 Å². The van der Waals surface area contributed by atoms with Crippen LogP contribution in [0.25, 0.3) is 22.3 Å². The number of anilines is 1. The molecule has 220 valence electrons. The summed E-state index contributed by atoms with van der Waals surface area (Å²) in [6, 6.07) is 10.00. The summed E-state index contributed by atoms with van der Waals surface area (Å²) < 4.78 is 36.0. The second-order valence-corrected chi connectivity index (χ2v) is 9.97. The molecule has 2 amide bonds. The number of aromatic nitrogens is 7. The topological polar surface area (TPSA) is 159 Å². The Bertz CT molecular complexity index is 1790. The van der Waals surface area contributed by atoms with Crippen molar-refractivity contribution >= 4 is 28.8 Å². The van der Waals surface area contributed by atoms with Crippen molar-refractivity contribution in [1.82, 2.24) is 44.7 Å². The number of rotatable bonds is 7. The normalized spacial score (nSPS) is 16.5.